The summed E-state index contributed by atoms with van der Waals surface area (Å²) in [6, 6.07) is -0.968. The van der Waals surface area contributed by atoms with Gasteiger partial charge in [0.2, 0.25) is 0 Å². The summed E-state index contributed by atoms with van der Waals surface area (Å²) in [6.07, 6.45) is -0.573. The van der Waals surface area contributed by atoms with Crippen LogP contribution in [-0.2, 0) is 4.79 Å². The summed E-state index contributed by atoms with van der Waals surface area (Å²) in [7, 11) is 0. The van der Waals surface area contributed by atoms with Crippen molar-refractivity contribution in [3.05, 3.63) is 27.8 Å². The number of hydrogen-bond donors (Lipinski definition) is 6. The van der Waals surface area contributed by atoms with Gasteiger partial charge in [0.15, 0.2) is 0 Å². The maximum Gasteiger partial charge on any atom is 0.252 e. The van der Waals surface area contributed by atoms with Gasteiger partial charge in [0.05, 0.1) is 19.3 Å². The zero-order chi connectivity index (χ0) is 25.2. The van der Waals surface area contributed by atoms with Crippen LogP contribution in [0.15, 0.2) is 0 Å². The highest BCUT2D eigenvalue weighted by atomic mass is 16.3. The van der Waals surface area contributed by atoms with Crippen molar-refractivity contribution in [3.8, 4) is 0 Å². The van der Waals surface area contributed by atoms with Crippen LogP contribution in [0.5, 0.6) is 0 Å². The fourth-order valence-electron chi connectivity index (χ4n) is 3.12. The smallest absolute Gasteiger partial charge is 0.252 e. The Morgan fingerprint density at radius 3 is 1.66 bits per heavy atom. The van der Waals surface area contributed by atoms with Crippen LogP contribution in [0, 0.1) is 20.8 Å². The normalized spacial score (nSPS) is 12.4. The number of aliphatic hydroxyl groups excluding tert-OH is 3. The van der Waals surface area contributed by atoms with Crippen LogP contribution in [0.3, 0.4) is 0 Å². The van der Waals surface area contributed by atoms with E-state index in [-0.39, 0.29) is 28.8 Å². The summed E-state index contributed by atoms with van der Waals surface area (Å²) < 4.78 is 0. The Balaban J connectivity index is 0.00000466. The molecule has 32 heavy (non-hydrogen) atoms. The molecule has 0 saturated carbocycles. The average Bonchev–Trinajstić information content (AvgIpc) is 2.75. The van der Waals surface area contributed by atoms with Crippen molar-refractivity contribution in [2.75, 3.05) is 18.5 Å². The molecule has 9 heteroatoms. The molecule has 0 saturated heterocycles. The second-order valence-corrected chi connectivity index (χ2v) is 7.48. The molecular formula is C23H39N3O6. The topological polar surface area (TPSA) is 148 Å². The van der Waals surface area contributed by atoms with E-state index in [4.69, 9.17) is 0 Å². The fourth-order valence-corrected chi connectivity index (χ4v) is 3.12. The Hall–Kier alpha value is -2.49. The molecule has 1 rings (SSSR count). The molecule has 9 nitrogen and oxygen atoms in total. The van der Waals surface area contributed by atoms with Crippen LogP contribution >= 0.6 is 0 Å². The summed E-state index contributed by atoms with van der Waals surface area (Å²) >= 11 is 0. The highest BCUT2D eigenvalue weighted by Gasteiger charge is 2.27. The van der Waals surface area contributed by atoms with E-state index >= 15 is 0 Å². The molecule has 3 amide bonds. The molecule has 2 unspecified atom stereocenters. The van der Waals surface area contributed by atoms with Gasteiger partial charge in [0.25, 0.3) is 17.7 Å². The van der Waals surface area contributed by atoms with Crippen molar-refractivity contribution in [3.63, 3.8) is 0 Å². The molecular weight excluding hydrogens is 414 g/mol. The first kappa shape index (κ1) is 29.5. The first-order valence-corrected chi connectivity index (χ1v) is 11.0. The highest BCUT2D eigenvalue weighted by molar-refractivity contribution is 6.08. The highest BCUT2D eigenvalue weighted by Crippen LogP contribution is 2.32. The first-order valence-electron chi connectivity index (χ1n) is 11.0. The summed E-state index contributed by atoms with van der Waals surface area (Å²) in [5.41, 5.74) is 1.95. The quantitative estimate of drug-likeness (QED) is 0.334. The lowest BCUT2D eigenvalue weighted by atomic mass is 9.89. The zero-order valence-electron chi connectivity index (χ0n) is 20.4. The molecule has 0 spiro atoms. The van der Waals surface area contributed by atoms with Crippen molar-refractivity contribution >= 4 is 23.4 Å². The van der Waals surface area contributed by atoms with E-state index in [0.717, 1.165) is 0 Å². The number of anilines is 1. The largest absolute Gasteiger partial charge is 0.394 e. The fraction of sp³-hybridized carbons (Fsp3) is 0.609. The number of carbonyl (C=O) groups excluding carboxylic acids is 3. The predicted octanol–water partition coefficient (Wildman–Crippen LogP) is 1.57. The second kappa shape index (κ2) is 13.8. The molecule has 182 valence electrons. The van der Waals surface area contributed by atoms with Crippen LogP contribution in [0.1, 0.15) is 78.4 Å². The molecule has 0 aromatic heterocycles. The third-order valence-electron chi connectivity index (χ3n) is 5.10. The number of aliphatic hydroxyl groups is 3. The molecule has 6 N–H and O–H groups in total. The van der Waals surface area contributed by atoms with Gasteiger partial charge in [0.1, 0.15) is 6.10 Å². The van der Waals surface area contributed by atoms with Crippen LogP contribution in [0.25, 0.3) is 0 Å². The van der Waals surface area contributed by atoms with Gasteiger partial charge in [-0.25, -0.2) is 0 Å². The van der Waals surface area contributed by atoms with Crippen molar-refractivity contribution in [2.45, 2.75) is 80.0 Å². The van der Waals surface area contributed by atoms with E-state index < -0.39 is 37.2 Å². The Labute approximate surface area is 190 Å². The van der Waals surface area contributed by atoms with Gasteiger partial charge < -0.3 is 31.3 Å². The van der Waals surface area contributed by atoms with Crippen LogP contribution in [0.2, 0.25) is 0 Å². The van der Waals surface area contributed by atoms with Crippen molar-refractivity contribution in [2.24, 2.45) is 0 Å². The molecule has 0 fully saturated rings. The summed E-state index contributed by atoms with van der Waals surface area (Å²) in [5.74, 6) is -1.65. The lowest BCUT2D eigenvalue weighted by molar-refractivity contribution is -0.123. The molecule has 0 heterocycles. The Morgan fingerprint density at radius 1 is 0.844 bits per heavy atom. The number of rotatable bonds is 9. The van der Waals surface area contributed by atoms with E-state index in [1.54, 1.807) is 20.8 Å². The summed E-state index contributed by atoms with van der Waals surface area (Å²) in [6.45, 7) is 13.1. The molecule has 0 radical (unpaired) electrons. The van der Waals surface area contributed by atoms with Gasteiger partial charge in [-0.05, 0) is 57.7 Å². The molecule has 0 aliphatic rings. The Bertz CT molecular complexity index is 804. The van der Waals surface area contributed by atoms with Gasteiger partial charge in [-0.15, -0.1) is 0 Å². The van der Waals surface area contributed by atoms with Crippen LogP contribution in [-0.4, -0.2) is 64.4 Å². The number of carbonyl (C=O) groups is 3. The maximum absolute atomic E-state index is 13.0. The van der Waals surface area contributed by atoms with Gasteiger partial charge >= 0.3 is 0 Å². The van der Waals surface area contributed by atoms with E-state index in [0.29, 0.717) is 23.1 Å². The molecule has 0 aliphatic carbocycles. The number of hydrogen-bond acceptors (Lipinski definition) is 6. The van der Waals surface area contributed by atoms with Crippen molar-refractivity contribution in [1.82, 2.24) is 10.6 Å². The van der Waals surface area contributed by atoms with E-state index in [2.05, 4.69) is 16.0 Å². The molecule has 1 aromatic rings. The van der Waals surface area contributed by atoms with Gasteiger partial charge in [-0.1, -0.05) is 20.8 Å². The van der Waals surface area contributed by atoms with Gasteiger partial charge in [-0.2, -0.15) is 0 Å². The standard InChI is InChI=1S/C21H33N3O6.C2H6/c1-7-10(2)22-20(29)16-11(3)17(21(30)23-15(8-25)9-26)13(5)18(12(16)4)24-19(28)14(6)27;1-2/h10,14-15,25-27H,7-9H2,1-6H3,(H,22,29)(H,23,30)(H,24,28);1-2H3. The third kappa shape index (κ3) is 7.29. The van der Waals surface area contributed by atoms with E-state index in [1.165, 1.54) is 6.92 Å². The molecule has 1 aromatic carbocycles. The first-order chi connectivity index (χ1) is 15.0. The minimum atomic E-state index is -1.28. The number of amides is 3. The molecule has 2 atom stereocenters. The lowest BCUT2D eigenvalue weighted by Crippen LogP contribution is -2.41. The summed E-state index contributed by atoms with van der Waals surface area (Å²) in [4.78, 5) is 38.0. The lowest BCUT2D eigenvalue weighted by Gasteiger charge is -2.24. The predicted molar refractivity (Wildman–Crippen MR) is 125 cm³/mol. The average molecular weight is 454 g/mol. The van der Waals surface area contributed by atoms with Crippen molar-refractivity contribution in [1.29, 1.82) is 0 Å². The van der Waals surface area contributed by atoms with Crippen molar-refractivity contribution < 1.29 is 29.7 Å². The number of benzene rings is 1. The molecule has 0 aliphatic heterocycles. The Morgan fingerprint density at radius 2 is 1.28 bits per heavy atom. The molecule has 0 bridgehead atoms. The minimum absolute atomic E-state index is 0.0986. The second-order valence-electron chi connectivity index (χ2n) is 7.48. The Kier molecular flexibility index (Phi) is 12.7. The van der Waals surface area contributed by atoms with Gasteiger partial charge in [-0.3, -0.25) is 14.4 Å². The third-order valence-corrected chi connectivity index (χ3v) is 5.10. The van der Waals surface area contributed by atoms with Gasteiger partial charge in [0, 0.05) is 22.9 Å². The zero-order valence-corrected chi connectivity index (χ0v) is 20.4. The number of nitrogens with one attached hydrogen (secondary N) is 3. The van der Waals surface area contributed by atoms with Crippen LogP contribution in [0.4, 0.5) is 5.69 Å². The summed E-state index contributed by atoms with van der Waals surface area (Å²) in [5, 5.41) is 36.1. The maximum atomic E-state index is 13.0. The van der Waals surface area contributed by atoms with E-state index in [9.17, 15) is 29.7 Å². The monoisotopic (exact) mass is 453 g/mol. The van der Waals surface area contributed by atoms with Crippen LogP contribution < -0.4 is 16.0 Å². The van der Waals surface area contributed by atoms with E-state index in [1.807, 2.05) is 27.7 Å². The SMILES string of the molecule is CC.CCC(C)NC(=O)c1c(C)c(NC(=O)C(C)O)c(C)c(C(=O)NC(CO)CO)c1C. The minimum Gasteiger partial charge on any atom is -0.394 e.